The average molecular weight is 394 g/mol. The van der Waals surface area contributed by atoms with E-state index in [2.05, 4.69) is 20.3 Å². The molecule has 0 aliphatic rings. The van der Waals surface area contributed by atoms with Crippen molar-refractivity contribution in [2.24, 2.45) is 5.73 Å². The van der Waals surface area contributed by atoms with E-state index in [0.29, 0.717) is 30.5 Å². The van der Waals surface area contributed by atoms with Crippen LogP contribution in [0.1, 0.15) is 25.6 Å². The summed E-state index contributed by atoms with van der Waals surface area (Å²) in [5.41, 5.74) is 5.77. The van der Waals surface area contributed by atoms with Gasteiger partial charge in [0.05, 0.1) is 4.90 Å². The number of rotatable bonds is 9. The molecule has 0 saturated heterocycles. The average Bonchev–Trinajstić information content (AvgIpc) is 2.57. The third kappa shape index (κ3) is 6.15. The standard InChI is InChI=1S/C16H22N6O4S/c1-3-9-22(10-8-14(17)23)16-19-11(2)18-15(21-16)20-12-4-6-13(7-5-12)27(24,25)26/h4-7H,3,8-10H2,1-2H3,(H2,17,23)(H,24,25,26)(H,18,19,20,21). The third-order valence-corrected chi connectivity index (χ3v) is 4.42. The topological polar surface area (TPSA) is 151 Å². The molecule has 11 heteroatoms. The van der Waals surface area contributed by atoms with Gasteiger partial charge in [-0.1, -0.05) is 6.92 Å². The quantitative estimate of drug-likeness (QED) is 0.534. The van der Waals surface area contributed by atoms with Gasteiger partial charge < -0.3 is 16.0 Å². The molecule has 4 N–H and O–H groups in total. The maximum absolute atomic E-state index is 11.1. The second kappa shape index (κ2) is 8.73. The van der Waals surface area contributed by atoms with Gasteiger partial charge in [0.2, 0.25) is 17.8 Å². The number of nitrogens with one attached hydrogen (secondary N) is 1. The largest absolute Gasteiger partial charge is 0.370 e. The van der Waals surface area contributed by atoms with Crippen LogP contribution in [0, 0.1) is 6.92 Å². The maximum Gasteiger partial charge on any atom is 0.294 e. The van der Waals surface area contributed by atoms with Crippen LogP contribution in [0.5, 0.6) is 0 Å². The lowest BCUT2D eigenvalue weighted by Crippen LogP contribution is -2.30. The van der Waals surface area contributed by atoms with E-state index in [4.69, 9.17) is 10.3 Å². The summed E-state index contributed by atoms with van der Waals surface area (Å²) in [6.07, 6.45) is 1.02. The number of hydrogen-bond acceptors (Lipinski definition) is 8. The molecule has 1 heterocycles. The van der Waals surface area contributed by atoms with Crippen LogP contribution in [0.25, 0.3) is 0 Å². The van der Waals surface area contributed by atoms with E-state index in [-0.39, 0.29) is 17.3 Å². The normalized spacial score (nSPS) is 11.2. The lowest BCUT2D eigenvalue weighted by atomic mass is 10.3. The molecular formula is C16H22N6O4S. The number of aryl methyl sites for hydroxylation is 1. The van der Waals surface area contributed by atoms with Gasteiger partial charge in [-0.15, -0.1) is 0 Å². The lowest BCUT2D eigenvalue weighted by Gasteiger charge is -2.22. The van der Waals surface area contributed by atoms with Crippen molar-refractivity contribution >= 4 is 33.6 Å². The summed E-state index contributed by atoms with van der Waals surface area (Å²) >= 11 is 0. The van der Waals surface area contributed by atoms with E-state index in [1.54, 1.807) is 6.92 Å². The molecule has 0 aliphatic heterocycles. The highest BCUT2D eigenvalue weighted by Gasteiger charge is 2.14. The Labute approximate surface area is 157 Å². The Hall–Kier alpha value is -2.79. The highest BCUT2D eigenvalue weighted by Crippen LogP contribution is 2.18. The van der Waals surface area contributed by atoms with E-state index < -0.39 is 16.0 Å². The van der Waals surface area contributed by atoms with E-state index in [9.17, 15) is 13.2 Å². The van der Waals surface area contributed by atoms with Crippen LogP contribution in [-0.2, 0) is 14.9 Å². The van der Waals surface area contributed by atoms with Gasteiger partial charge in [-0.05, 0) is 37.6 Å². The van der Waals surface area contributed by atoms with Gasteiger partial charge >= 0.3 is 0 Å². The molecule has 0 saturated carbocycles. The first kappa shape index (κ1) is 20.5. The predicted molar refractivity (Wildman–Crippen MR) is 100 cm³/mol. The minimum Gasteiger partial charge on any atom is -0.370 e. The highest BCUT2D eigenvalue weighted by atomic mass is 32.2. The number of nitrogens with two attached hydrogens (primary N) is 1. The van der Waals surface area contributed by atoms with Crippen molar-refractivity contribution in [1.82, 2.24) is 15.0 Å². The van der Waals surface area contributed by atoms with Crippen LogP contribution in [0.2, 0.25) is 0 Å². The summed E-state index contributed by atoms with van der Waals surface area (Å²) < 4.78 is 31.2. The van der Waals surface area contributed by atoms with Gasteiger partial charge in [-0.2, -0.15) is 23.4 Å². The van der Waals surface area contributed by atoms with Gasteiger partial charge in [-0.3, -0.25) is 9.35 Å². The van der Waals surface area contributed by atoms with Gasteiger partial charge in [0.25, 0.3) is 10.1 Å². The number of amides is 1. The summed E-state index contributed by atoms with van der Waals surface area (Å²) in [6.45, 7) is 4.77. The molecule has 27 heavy (non-hydrogen) atoms. The van der Waals surface area contributed by atoms with Gasteiger partial charge in [0, 0.05) is 25.2 Å². The fraction of sp³-hybridized carbons (Fsp3) is 0.375. The van der Waals surface area contributed by atoms with Crippen molar-refractivity contribution in [1.29, 1.82) is 0 Å². The van der Waals surface area contributed by atoms with E-state index in [1.807, 2.05) is 11.8 Å². The Morgan fingerprint density at radius 3 is 2.41 bits per heavy atom. The van der Waals surface area contributed by atoms with Gasteiger partial charge in [0.15, 0.2) is 0 Å². The van der Waals surface area contributed by atoms with E-state index in [0.717, 1.165) is 6.42 Å². The zero-order valence-corrected chi connectivity index (χ0v) is 15.9. The van der Waals surface area contributed by atoms with Crippen LogP contribution in [0.4, 0.5) is 17.6 Å². The third-order valence-electron chi connectivity index (χ3n) is 3.55. The Morgan fingerprint density at radius 2 is 1.85 bits per heavy atom. The molecule has 10 nitrogen and oxygen atoms in total. The zero-order valence-electron chi connectivity index (χ0n) is 15.1. The Kier molecular flexibility index (Phi) is 6.64. The Morgan fingerprint density at radius 1 is 1.19 bits per heavy atom. The van der Waals surface area contributed by atoms with Crippen LogP contribution < -0.4 is 16.0 Å². The molecular weight excluding hydrogens is 372 g/mol. The van der Waals surface area contributed by atoms with E-state index >= 15 is 0 Å². The molecule has 0 bridgehead atoms. The molecule has 0 fully saturated rings. The van der Waals surface area contributed by atoms with Crippen LogP contribution >= 0.6 is 0 Å². The van der Waals surface area contributed by atoms with E-state index in [1.165, 1.54) is 24.3 Å². The number of carbonyl (C=O) groups is 1. The molecule has 1 amide bonds. The summed E-state index contributed by atoms with van der Waals surface area (Å²) in [5, 5.41) is 2.97. The summed E-state index contributed by atoms with van der Waals surface area (Å²) in [5.74, 6) is 0.774. The van der Waals surface area contributed by atoms with Gasteiger partial charge in [-0.25, -0.2) is 0 Å². The number of hydrogen-bond donors (Lipinski definition) is 3. The monoisotopic (exact) mass is 394 g/mol. The number of nitrogens with zero attached hydrogens (tertiary/aromatic N) is 4. The first-order valence-corrected chi connectivity index (χ1v) is 9.73. The Bertz CT molecular complexity index is 902. The molecule has 0 radical (unpaired) electrons. The highest BCUT2D eigenvalue weighted by molar-refractivity contribution is 7.85. The Balaban J connectivity index is 2.23. The van der Waals surface area contributed by atoms with Crippen LogP contribution in [0.3, 0.4) is 0 Å². The summed E-state index contributed by atoms with van der Waals surface area (Å²) in [4.78, 5) is 25.6. The van der Waals surface area contributed by atoms with Crippen LogP contribution in [-0.4, -0.2) is 46.9 Å². The predicted octanol–water partition coefficient (Wildman–Crippen LogP) is 1.26. The number of anilines is 3. The maximum atomic E-state index is 11.1. The minimum absolute atomic E-state index is 0.185. The second-order valence-electron chi connectivity index (χ2n) is 5.83. The number of aromatic nitrogens is 3. The number of benzene rings is 1. The van der Waals surface area contributed by atoms with Crippen molar-refractivity contribution in [3.63, 3.8) is 0 Å². The summed E-state index contributed by atoms with van der Waals surface area (Å²) in [6, 6.07) is 5.50. The SMILES string of the molecule is CCCN(CCC(N)=O)c1nc(C)nc(Nc2ccc(S(=O)(=O)O)cc2)n1. The van der Waals surface area contributed by atoms with Crippen molar-refractivity contribution in [2.75, 3.05) is 23.3 Å². The van der Waals surface area contributed by atoms with Crippen LogP contribution in [0.15, 0.2) is 29.2 Å². The minimum atomic E-state index is -4.25. The molecule has 1 aromatic heterocycles. The molecule has 0 unspecified atom stereocenters. The van der Waals surface area contributed by atoms with Crippen molar-refractivity contribution in [3.05, 3.63) is 30.1 Å². The molecule has 146 valence electrons. The molecule has 0 spiro atoms. The van der Waals surface area contributed by atoms with Gasteiger partial charge in [0.1, 0.15) is 5.82 Å². The lowest BCUT2D eigenvalue weighted by molar-refractivity contribution is -0.117. The fourth-order valence-corrected chi connectivity index (χ4v) is 2.81. The number of primary amides is 1. The molecule has 0 atom stereocenters. The van der Waals surface area contributed by atoms with Crippen molar-refractivity contribution < 1.29 is 17.8 Å². The molecule has 0 aliphatic carbocycles. The second-order valence-corrected chi connectivity index (χ2v) is 7.26. The fourth-order valence-electron chi connectivity index (χ4n) is 2.33. The molecule has 2 rings (SSSR count). The molecule has 2 aromatic rings. The zero-order chi connectivity index (χ0) is 20.0. The number of carbonyl (C=O) groups excluding carboxylic acids is 1. The first-order chi connectivity index (χ1) is 12.7. The first-order valence-electron chi connectivity index (χ1n) is 8.29. The van der Waals surface area contributed by atoms with Crippen molar-refractivity contribution in [3.8, 4) is 0 Å². The van der Waals surface area contributed by atoms with Crippen molar-refractivity contribution in [2.45, 2.75) is 31.6 Å². The molecule has 1 aromatic carbocycles. The smallest absolute Gasteiger partial charge is 0.294 e. The summed E-state index contributed by atoms with van der Waals surface area (Å²) in [7, 11) is -4.25.